The molecule has 19 heavy (non-hydrogen) atoms. The van der Waals surface area contributed by atoms with Gasteiger partial charge >= 0.3 is 0 Å². The summed E-state index contributed by atoms with van der Waals surface area (Å²) in [5.74, 6) is -0.274. The van der Waals surface area contributed by atoms with Gasteiger partial charge < -0.3 is 10.2 Å². The Morgan fingerprint density at radius 2 is 2.21 bits per heavy atom. The highest BCUT2D eigenvalue weighted by Crippen LogP contribution is 2.18. The predicted octanol–water partition coefficient (Wildman–Crippen LogP) is -1.02. The second kappa shape index (κ2) is 6.32. The monoisotopic (exact) mass is 288 g/mol. The number of hydrogen-bond donors (Lipinski definition) is 1. The first kappa shape index (κ1) is 15.9. The minimum Gasteiger partial charge on any atom is -0.347 e. The molecule has 1 aliphatic heterocycles. The Labute approximate surface area is 114 Å². The quantitative estimate of drug-likeness (QED) is 0.714. The van der Waals surface area contributed by atoms with Crippen LogP contribution >= 0.6 is 0 Å². The number of likely N-dealkylation sites (N-methyl/N-ethyl adjacent to an activating group) is 1. The van der Waals surface area contributed by atoms with E-state index in [0.29, 0.717) is 6.54 Å². The Morgan fingerprint density at radius 3 is 2.68 bits per heavy atom. The molecule has 0 saturated carbocycles. The molecule has 0 aromatic carbocycles. The molecule has 1 rings (SSSR count). The Morgan fingerprint density at radius 1 is 1.58 bits per heavy atom. The number of nitriles is 1. The fourth-order valence-corrected chi connectivity index (χ4v) is 3.78. The van der Waals surface area contributed by atoms with Crippen molar-refractivity contribution in [3.05, 3.63) is 0 Å². The molecule has 2 atom stereocenters. The molecule has 1 fully saturated rings. The minimum atomic E-state index is -3.77. The Kier molecular flexibility index (Phi) is 5.29. The van der Waals surface area contributed by atoms with Crippen molar-refractivity contribution < 1.29 is 13.2 Å². The van der Waals surface area contributed by atoms with Gasteiger partial charge in [0.2, 0.25) is 15.9 Å². The Balaban J connectivity index is 3.07. The first-order valence-corrected chi connectivity index (χ1v) is 7.68. The van der Waals surface area contributed by atoms with Gasteiger partial charge in [-0.2, -0.15) is 9.57 Å². The zero-order chi connectivity index (χ0) is 14.6. The number of carbonyl (C=O) groups is 1. The maximum absolute atomic E-state index is 12.4. The van der Waals surface area contributed by atoms with E-state index in [1.807, 2.05) is 0 Å². The summed E-state index contributed by atoms with van der Waals surface area (Å²) in [4.78, 5) is 13.4. The molecule has 1 aliphatic rings. The topological polar surface area (TPSA) is 93.5 Å². The molecular formula is C11H20N4O3S. The van der Waals surface area contributed by atoms with Crippen molar-refractivity contribution in [2.45, 2.75) is 24.6 Å². The molecule has 0 bridgehead atoms. The summed E-state index contributed by atoms with van der Waals surface area (Å²) in [5, 5.41) is 10.9. The minimum absolute atomic E-state index is 0.213. The highest BCUT2D eigenvalue weighted by atomic mass is 32.2. The van der Waals surface area contributed by atoms with Gasteiger partial charge in [0.1, 0.15) is 6.04 Å². The van der Waals surface area contributed by atoms with Gasteiger partial charge in [0, 0.05) is 33.7 Å². The van der Waals surface area contributed by atoms with Crippen LogP contribution in [0.5, 0.6) is 0 Å². The fraction of sp³-hybridized carbons (Fsp3) is 0.818. The van der Waals surface area contributed by atoms with Gasteiger partial charge in [-0.15, -0.1) is 0 Å². The molecule has 0 radical (unpaired) electrons. The summed E-state index contributed by atoms with van der Waals surface area (Å²) < 4.78 is 26.0. The molecule has 1 N–H and O–H groups in total. The first-order chi connectivity index (χ1) is 8.86. The highest BCUT2D eigenvalue weighted by molar-refractivity contribution is 7.90. The van der Waals surface area contributed by atoms with Gasteiger partial charge in [-0.3, -0.25) is 4.79 Å². The predicted molar refractivity (Wildman–Crippen MR) is 70.7 cm³/mol. The van der Waals surface area contributed by atoms with E-state index in [2.05, 4.69) is 5.32 Å². The van der Waals surface area contributed by atoms with Gasteiger partial charge in [0.05, 0.1) is 6.07 Å². The molecule has 1 heterocycles. The molecular weight excluding hydrogens is 268 g/mol. The molecule has 0 aromatic rings. The van der Waals surface area contributed by atoms with Crippen molar-refractivity contribution in [3.63, 3.8) is 0 Å². The van der Waals surface area contributed by atoms with Crippen molar-refractivity contribution >= 4 is 15.9 Å². The van der Waals surface area contributed by atoms with Crippen molar-refractivity contribution in [1.82, 2.24) is 14.5 Å². The van der Waals surface area contributed by atoms with E-state index in [1.165, 1.54) is 9.21 Å². The summed E-state index contributed by atoms with van der Waals surface area (Å²) in [6.07, 6.45) is 0.214. The molecule has 2 unspecified atom stereocenters. The largest absolute Gasteiger partial charge is 0.347 e. The van der Waals surface area contributed by atoms with Crippen LogP contribution in [0.15, 0.2) is 0 Å². The van der Waals surface area contributed by atoms with E-state index >= 15 is 0 Å². The summed E-state index contributed by atoms with van der Waals surface area (Å²) in [6, 6.07) is 1.04. The van der Waals surface area contributed by atoms with Crippen LogP contribution in [-0.4, -0.2) is 68.6 Å². The Hall–Kier alpha value is -1.17. The fourth-order valence-electron chi connectivity index (χ4n) is 2.03. The number of nitrogens with one attached hydrogen (secondary N) is 1. The van der Waals surface area contributed by atoms with E-state index in [1.54, 1.807) is 27.1 Å². The SMILES string of the molecule is CCC(C#N)S(=O)(=O)N1CCNCC1C(=O)N(C)C. The van der Waals surface area contributed by atoms with E-state index in [9.17, 15) is 13.2 Å². The summed E-state index contributed by atoms with van der Waals surface area (Å²) >= 11 is 0. The van der Waals surface area contributed by atoms with E-state index in [-0.39, 0.29) is 25.4 Å². The van der Waals surface area contributed by atoms with Gasteiger partial charge in [0.15, 0.2) is 5.25 Å². The maximum Gasteiger partial charge on any atom is 0.241 e. The highest BCUT2D eigenvalue weighted by Gasteiger charge is 2.40. The zero-order valence-electron chi connectivity index (χ0n) is 11.5. The summed E-state index contributed by atoms with van der Waals surface area (Å²) in [5.41, 5.74) is 0. The number of rotatable bonds is 4. The molecule has 1 amide bonds. The first-order valence-electron chi connectivity index (χ1n) is 6.18. The average Bonchev–Trinajstić information content (AvgIpc) is 2.38. The number of sulfonamides is 1. The van der Waals surface area contributed by atoms with Crippen molar-refractivity contribution in [3.8, 4) is 6.07 Å². The van der Waals surface area contributed by atoms with Gasteiger partial charge in [-0.1, -0.05) is 6.92 Å². The van der Waals surface area contributed by atoms with Crippen LogP contribution in [0.25, 0.3) is 0 Å². The van der Waals surface area contributed by atoms with Gasteiger partial charge in [-0.25, -0.2) is 8.42 Å². The molecule has 0 aliphatic carbocycles. The normalized spacial score (nSPS) is 22.5. The summed E-state index contributed by atoms with van der Waals surface area (Å²) in [6.45, 7) is 2.62. The third-order valence-corrected chi connectivity index (χ3v) is 5.37. The van der Waals surface area contributed by atoms with Crippen molar-refractivity contribution in [2.75, 3.05) is 33.7 Å². The molecule has 0 aromatic heterocycles. The number of hydrogen-bond acceptors (Lipinski definition) is 5. The van der Waals surface area contributed by atoms with Crippen LogP contribution in [0.4, 0.5) is 0 Å². The molecule has 0 spiro atoms. The van der Waals surface area contributed by atoms with E-state index in [4.69, 9.17) is 5.26 Å². The lowest BCUT2D eigenvalue weighted by Gasteiger charge is -2.36. The van der Waals surface area contributed by atoms with Crippen LogP contribution in [0.3, 0.4) is 0 Å². The van der Waals surface area contributed by atoms with Crippen LogP contribution in [0.1, 0.15) is 13.3 Å². The second-order valence-corrected chi connectivity index (χ2v) is 6.70. The number of carbonyl (C=O) groups excluding carboxylic acids is 1. The standard InChI is InChI=1S/C11H20N4O3S/c1-4-9(7-12)19(17,18)15-6-5-13-8-10(15)11(16)14(2)3/h9-10,13H,4-6,8H2,1-3H3. The molecule has 7 nitrogen and oxygen atoms in total. The number of piperazine rings is 1. The van der Waals surface area contributed by atoms with Crippen LogP contribution < -0.4 is 5.32 Å². The number of amides is 1. The lowest BCUT2D eigenvalue weighted by atomic mass is 10.2. The molecule has 108 valence electrons. The molecule has 1 saturated heterocycles. The van der Waals surface area contributed by atoms with Gasteiger partial charge in [-0.05, 0) is 6.42 Å². The zero-order valence-corrected chi connectivity index (χ0v) is 12.3. The summed E-state index contributed by atoms with van der Waals surface area (Å²) in [7, 11) is -0.594. The van der Waals surface area contributed by atoms with E-state index in [0.717, 1.165) is 0 Å². The smallest absolute Gasteiger partial charge is 0.241 e. The lowest BCUT2D eigenvalue weighted by Crippen LogP contribution is -2.60. The van der Waals surface area contributed by atoms with Crippen LogP contribution in [0, 0.1) is 11.3 Å². The van der Waals surface area contributed by atoms with Crippen LogP contribution in [0.2, 0.25) is 0 Å². The van der Waals surface area contributed by atoms with E-state index < -0.39 is 21.3 Å². The Bertz CT molecular complexity index is 469. The van der Waals surface area contributed by atoms with Crippen LogP contribution in [-0.2, 0) is 14.8 Å². The lowest BCUT2D eigenvalue weighted by molar-refractivity contribution is -0.133. The van der Waals surface area contributed by atoms with Crippen molar-refractivity contribution in [2.24, 2.45) is 0 Å². The van der Waals surface area contributed by atoms with Gasteiger partial charge in [0.25, 0.3) is 0 Å². The number of nitrogens with zero attached hydrogens (tertiary/aromatic N) is 3. The second-order valence-electron chi connectivity index (χ2n) is 4.63. The third kappa shape index (κ3) is 3.23. The third-order valence-electron chi connectivity index (χ3n) is 3.12. The maximum atomic E-state index is 12.4. The average molecular weight is 288 g/mol. The molecule has 8 heteroatoms. The van der Waals surface area contributed by atoms with Crippen molar-refractivity contribution in [1.29, 1.82) is 5.26 Å².